The minimum Gasteiger partial charge on any atom is -0.382 e. The van der Waals surface area contributed by atoms with Gasteiger partial charge in [0.15, 0.2) is 0 Å². The van der Waals surface area contributed by atoms with Crippen LogP contribution in [-0.4, -0.2) is 6.04 Å². The van der Waals surface area contributed by atoms with E-state index in [9.17, 15) is 4.39 Å². The summed E-state index contributed by atoms with van der Waals surface area (Å²) in [5, 5.41) is 3.48. The fourth-order valence-corrected chi connectivity index (χ4v) is 2.70. The smallest absolute Gasteiger partial charge is 0.126 e. The molecule has 0 spiro atoms. The predicted molar refractivity (Wildman–Crippen MR) is 77.0 cm³/mol. The Kier molecular flexibility index (Phi) is 3.24. The average molecular weight is 255 g/mol. The molecule has 0 bridgehead atoms. The maximum Gasteiger partial charge on any atom is 0.126 e. The van der Waals surface area contributed by atoms with Crippen molar-refractivity contribution < 1.29 is 4.39 Å². The zero-order chi connectivity index (χ0) is 13.2. The Morgan fingerprint density at radius 2 is 1.79 bits per heavy atom. The van der Waals surface area contributed by atoms with E-state index in [-0.39, 0.29) is 5.82 Å². The number of nitrogens with one attached hydrogen (secondary N) is 1. The number of anilines is 1. The van der Waals surface area contributed by atoms with Crippen LogP contribution in [0.2, 0.25) is 0 Å². The van der Waals surface area contributed by atoms with Gasteiger partial charge in [0.1, 0.15) is 5.82 Å². The third-order valence-electron chi connectivity index (χ3n) is 3.94. The van der Waals surface area contributed by atoms with Crippen molar-refractivity contribution in [2.75, 3.05) is 5.32 Å². The number of halogens is 1. The second-order valence-corrected chi connectivity index (χ2v) is 5.38. The molecule has 1 saturated carbocycles. The van der Waals surface area contributed by atoms with Crippen molar-refractivity contribution in [3.8, 4) is 0 Å². The summed E-state index contributed by atoms with van der Waals surface area (Å²) in [6, 6.07) is 16.4. The molecular formula is C17H18FN. The van der Waals surface area contributed by atoms with Crippen molar-refractivity contribution in [2.45, 2.75) is 31.7 Å². The lowest BCUT2D eigenvalue weighted by Gasteiger charge is -2.37. The topological polar surface area (TPSA) is 12.0 Å². The van der Waals surface area contributed by atoms with Crippen LogP contribution in [-0.2, 0) is 0 Å². The third kappa shape index (κ3) is 2.62. The molecule has 3 rings (SSSR count). The van der Waals surface area contributed by atoms with Crippen molar-refractivity contribution in [1.82, 2.24) is 0 Å². The van der Waals surface area contributed by atoms with E-state index in [1.165, 1.54) is 11.6 Å². The van der Waals surface area contributed by atoms with Gasteiger partial charge in [-0.15, -0.1) is 0 Å². The van der Waals surface area contributed by atoms with Crippen molar-refractivity contribution in [3.63, 3.8) is 0 Å². The van der Waals surface area contributed by atoms with Crippen LogP contribution in [0.4, 0.5) is 10.1 Å². The van der Waals surface area contributed by atoms with Gasteiger partial charge in [0.25, 0.3) is 0 Å². The van der Waals surface area contributed by atoms with Gasteiger partial charge in [0, 0.05) is 11.7 Å². The van der Waals surface area contributed by atoms with E-state index in [0.29, 0.717) is 17.5 Å². The van der Waals surface area contributed by atoms with Crippen molar-refractivity contribution in [3.05, 3.63) is 65.5 Å². The van der Waals surface area contributed by atoms with E-state index in [2.05, 4.69) is 35.6 Å². The Balaban J connectivity index is 1.58. The summed E-state index contributed by atoms with van der Waals surface area (Å²) >= 11 is 0. The molecule has 0 heterocycles. The molecule has 0 atom stereocenters. The minimum absolute atomic E-state index is 0.138. The Labute approximate surface area is 113 Å². The molecule has 1 nitrogen and oxygen atoms in total. The highest BCUT2D eigenvalue weighted by atomic mass is 19.1. The van der Waals surface area contributed by atoms with Gasteiger partial charge in [-0.25, -0.2) is 4.39 Å². The molecule has 0 radical (unpaired) electrons. The number of hydrogen-bond donors (Lipinski definition) is 1. The molecule has 0 aromatic heterocycles. The summed E-state index contributed by atoms with van der Waals surface area (Å²) in [5.41, 5.74) is 3.15. The molecule has 19 heavy (non-hydrogen) atoms. The maximum absolute atomic E-state index is 13.2. The van der Waals surface area contributed by atoms with Gasteiger partial charge < -0.3 is 5.32 Å². The van der Waals surface area contributed by atoms with E-state index in [1.54, 1.807) is 6.92 Å². The normalized spacial score (nSPS) is 21.8. The number of benzene rings is 2. The van der Waals surface area contributed by atoms with Crippen molar-refractivity contribution in [2.24, 2.45) is 0 Å². The summed E-state index contributed by atoms with van der Waals surface area (Å²) in [5.74, 6) is 0.529. The highest BCUT2D eigenvalue weighted by molar-refractivity contribution is 5.47. The molecule has 0 amide bonds. The third-order valence-corrected chi connectivity index (χ3v) is 3.94. The van der Waals surface area contributed by atoms with Crippen LogP contribution in [0.25, 0.3) is 0 Å². The fraction of sp³-hybridized carbons (Fsp3) is 0.294. The Hall–Kier alpha value is -1.83. The lowest BCUT2D eigenvalue weighted by molar-refractivity contribution is 0.374. The lowest BCUT2D eigenvalue weighted by atomic mass is 9.76. The summed E-state index contributed by atoms with van der Waals surface area (Å²) in [4.78, 5) is 0. The van der Waals surface area contributed by atoms with Crippen LogP contribution in [0.5, 0.6) is 0 Å². The summed E-state index contributed by atoms with van der Waals surface area (Å²) in [6.07, 6.45) is 2.31. The zero-order valence-electron chi connectivity index (χ0n) is 11.1. The Morgan fingerprint density at radius 3 is 2.47 bits per heavy atom. The van der Waals surface area contributed by atoms with E-state index in [0.717, 1.165) is 18.5 Å². The highest BCUT2D eigenvalue weighted by Crippen LogP contribution is 2.38. The van der Waals surface area contributed by atoms with Crippen LogP contribution < -0.4 is 5.32 Å². The molecule has 1 aliphatic carbocycles. The first-order valence-electron chi connectivity index (χ1n) is 6.80. The molecule has 1 aliphatic rings. The Morgan fingerprint density at radius 1 is 1.05 bits per heavy atom. The molecule has 2 aromatic carbocycles. The summed E-state index contributed by atoms with van der Waals surface area (Å²) in [7, 11) is 0. The van der Waals surface area contributed by atoms with Crippen LogP contribution in [0, 0.1) is 12.7 Å². The number of aryl methyl sites for hydroxylation is 1. The molecule has 0 unspecified atom stereocenters. The fourth-order valence-electron chi connectivity index (χ4n) is 2.70. The van der Waals surface area contributed by atoms with Crippen LogP contribution >= 0.6 is 0 Å². The maximum atomic E-state index is 13.2. The molecule has 2 heteroatoms. The van der Waals surface area contributed by atoms with Crippen molar-refractivity contribution >= 4 is 5.69 Å². The molecule has 0 aliphatic heterocycles. The van der Waals surface area contributed by atoms with Gasteiger partial charge in [-0.05, 0) is 55.0 Å². The molecule has 98 valence electrons. The molecule has 1 fully saturated rings. The predicted octanol–water partition coefficient (Wildman–Crippen LogP) is 4.49. The van der Waals surface area contributed by atoms with Crippen LogP contribution in [0.15, 0.2) is 48.5 Å². The van der Waals surface area contributed by atoms with Gasteiger partial charge in [-0.2, -0.15) is 0 Å². The average Bonchev–Trinajstić information content (AvgIpc) is 2.38. The van der Waals surface area contributed by atoms with Crippen molar-refractivity contribution in [1.29, 1.82) is 0 Å². The highest BCUT2D eigenvalue weighted by Gasteiger charge is 2.29. The molecular weight excluding hydrogens is 237 g/mol. The first-order chi connectivity index (χ1) is 9.22. The van der Waals surface area contributed by atoms with Gasteiger partial charge in [0.2, 0.25) is 0 Å². The SMILES string of the molecule is Cc1cc(NC2CC(c3ccccc3)C2)ccc1F. The van der Waals surface area contributed by atoms with Gasteiger partial charge >= 0.3 is 0 Å². The van der Waals surface area contributed by atoms with E-state index in [1.807, 2.05) is 12.1 Å². The monoisotopic (exact) mass is 255 g/mol. The Bertz CT molecular complexity index is 559. The second-order valence-electron chi connectivity index (χ2n) is 5.38. The standard InChI is InChI=1S/C17H18FN/c1-12-9-15(7-8-17(12)18)19-16-10-14(11-16)13-5-3-2-4-6-13/h2-9,14,16,19H,10-11H2,1H3. The second kappa shape index (κ2) is 5.04. The van der Waals surface area contributed by atoms with Gasteiger partial charge in [0.05, 0.1) is 0 Å². The van der Waals surface area contributed by atoms with Crippen LogP contribution in [0.3, 0.4) is 0 Å². The number of rotatable bonds is 3. The summed E-state index contributed by atoms with van der Waals surface area (Å²) < 4.78 is 13.2. The molecule has 0 saturated heterocycles. The lowest BCUT2D eigenvalue weighted by Crippen LogP contribution is -2.33. The van der Waals surface area contributed by atoms with Gasteiger partial charge in [-0.3, -0.25) is 0 Å². The van der Waals surface area contributed by atoms with E-state index in [4.69, 9.17) is 0 Å². The van der Waals surface area contributed by atoms with E-state index < -0.39 is 0 Å². The quantitative estimate of drug-likeness (QED) is 0.852. The zero-order valence-corrected chi connectivity index (χ0v) is 11.1. The minimum atomic E-state index is -0.138. The first kappa shape index (κ1) is 12.2. The summed E-state index contributed by atoms with van der Waals surface area (Å²) in [6.45, 7) is 1.80. The first-order valence-corrected chi connectivity index (χ1v) is 6.80. The van der Waals surface area contributed by atoms with Gasteiger partial charge in [-0.1, -0.05) is 30.3 Å². The number of hydrogen-bond acceptors (Lipinski definition) is 1. The molecule has 1 N–H and O–H groups in total. The molecule has 2 aromatic rings. The van der Waals surface area contributed by atoms with Crippen LogP contribution in [0.1, 0.15) is 29.9 Å². The van der Waals surface area contributed by atoms with E-state index >= 15 is 0 Å². The largest absolute Gasteiger partial charge is 0.382 e.